The van der Waals surface area contributed by atoms with Crippen LogP contribution in [-0.4, -0.2) is 47.4 Å². The second-order valence-corrected chi connectivity index (χ2v) is 7.90. The van der Waals surface area contributed by atoms with Gasteiger partial charge in [-0.3, -0.25) is 4.79 Å². The molecule has 174 valence electrons. The SMILES string of the molecule is O=C(NC(C(=O)N[C@H](CO)C(=O)O)c1ccccc1)OCC1c2ccccc2-c2ccccc21. The summed E-state index contributed by atoms with van der Waals surface area (Å²) in [4.78, 5) is 36.7. The Morgan fingerprint density at radius 2 is 1.38 bits per heavy atom. The van der Waals surface area contributed by atoms with Crippen molar-refractivity contribution in [1.82, 2.24) is 10.6 Å². The van der Waals surface area contributed by atoms with Gasteiger partial charge in [-0.1, -0.05) is 78.9 Å². The molecule has 0 radical (unpaired) electrons. The summed E-state index contributed by atoms with van der Waals surface area (Å²) in [5.41, 5.74) is 4.74. The first-order chi connectivity index (χ1) is 16.5. The number of aliphatic carboxylic acids is 1. The molecule has 0 fully saturated rings. The van der Waals surface area contributed by atoms with Crippen molar-refractivity contribution >= 4 is 18.0 Å². The molecular formula is C26H24N2O6. The van der Waals surface area contributed by atoms with E-state index in [0.717, 1.165) is 22.3 Å². The average Bonchev–Trinajstić information content (AvgIpc) is 3.18. The van der Waals surface area contributed by atoms with E-state index in [0.29, 0.717) is 5.56 Å². The number of rotatable bonds is 8. The highest BCUT2D eigenvalue weighted by Gasteiger charge is 2.31. The highest BCUT2D eigenvalue weighted by molar-refractivity contribution is 5.90. The van der Waals surface area contributed by atoms with Gasteiger partial charge >= 0.3 is 12.1 Å². The third kappa shape index (κ3) is 4.77. The predicted octanol–water partition coefficient (Wildman–Crippen LogP) is 2.83. The summed E-state index contributed by atoms with van der Waals surface area (Å²) in [6, 6.07) is 21.6. The molecule has 3 aromatic carbocycles. The molecule has 4 N–H and O–H groups in total. The van der Waals surface area contributed by atoms with Crippen LogP contribution in [-0.2, 0) is 14.3 Å². The number of hydrogen-bond acceptors (Lipinski definition) is 5. The minimum atomic E-state index is -1.50. The van der Waals surface area contributed by atoms with E-state index >= 15 is 0 Å². The Bertz CT molecular complexity index is 1150. The van der Waals surface area contributed by atoms with E-state index in [9.17, 15) is 19.5 Å². The second-order valence-electron chi connectivity index (χ2n) is 7.90. The minimum absolute atomic E-state index is 0.0668. The van der Waals surface area contributed by atoms with Crippen LogP contribution < -0.4 is 10.6 Å². The summed E-state index contributed by atoms with van der Waals surface area (Å²) in [5, 5.41) is 23.1. The quantitative estimate of drug-likeness (QED) is 0.410. The summed E-state index contributed by atoms with van der Waals surface area (Å²) in [6.45, 7) is -0.717. The fraction of sp³-hybridized carbons (Fsp3) is 0.192. The Kier molecular flexibility index (Phi) is 6.89. The highest BCUT2D eigenvalue weighted by atomic mass is 16.5. The largest absolute Gasteiger partial charge is 0.480 e. The summed E-state index contributed by atoms with van der Waals surface area (Å²) >= 11 is 0. The van der Waals surface area contributed by atoms with Gasteiger partial charge in [-0.25, -0.2) is 9.59 Å². The van der Waals surface area contributed by atoms with Crippen molar-refractivity contribution < 1.29 is 29.3 Å². The molecule has 2 atom stereocenters. The molecule has 8 heteroatoms. The van der Waals surface area contributed by atoms with Gasteiger partial charge in [0, 0.05) is 5.92 Å². The zero-order valence-corrected chi connectivity index (χ0v) is 18.2. The fourth-order valence-electron chi connectivity index (χ4n) is 4.14. The molecule has 3 aromatic rings. The van der Waals surface area contributed by atoms with Crippen LogP contribution in [0.15, 0.2) is 78.9 Å². The lowest BCUT2D eigenvalue weighted by Gasteiger charge is -2.21. The molecule has 0 aliphatic heterocycles. The van der Waals surface area contributed by atoms with Gasteiger partial charge < -0.3 is 25.6 Å². The summed E-state index contributed by atoms with van der Waals surface area (Å²) in [7, 11) is 0. The summed E-state index contributed by atoms with van der Waals surface area (Å²) in [6.07, 6.45) is -0.818. The molecule has 2 amide bonds. The number of alkyl carbamates (subject to hydrolysis) is 1. The maximum atomic E-state index is 12.8. The zero-order valence-electron chi connectivity index (χ0n) is 18.2. The van der Waals surface area contributed by atoms with Crippen molar-refractivity contribution in [2.75, 3.05) is 13.2 Å². The fourth-order valence-corrected chi connectivity index (χ4v) is 4.14. The Labute approximate surface area is 196 Å². The number of nitrogens with one attached hydrogen (secondary N) is 2. The molecule has 1 unspecified atom stereocenters. The second kappa shape index (κ2) is 10.2. The zero-order chi connectivity index (χ0) is 24.1. The van der Waals surface area contributed by atoms with Gasteiger partial charge in [0.1, 0.15) is 18.7 Å². The van der Waals surface area contributed by atoms with Crippen molar-refractivity contribution in [1.29, 1.82) is 0 Å². The van der Waals surface area contributed by atoms with E-state index in [1.807, 2.05) is 48.5 Å². The maximum absolute atomic E-state index is 12.8. The smallest absolute Gasteiger partial charge is 0.408 e. The molecule has 0 saturated heterocycles. The minimum Gasteiger partial charge on any atom is -0.480 e. The first kappa shape index (κ1) is 23.0. The van der Waals surface area contributed by atoms with Crippen molar-refractivity contribution in [2.45, 2.75) is 18.0 Å². The third-order valence-electron chi connectivity index (χ3n) is 5.80. The summed E-state index contributed by atoms with van der Waals surface area (Å²) < 4.78 is 5.52. The average molecular weight is 460 g/mol. The topological polar surface area (TPSA) is 125 Å². The van der Waals surface area contributed by atoms with Crippen molar-refractivity contribution in [3.8, 4) is 11.1 Å². The van der Waals surface area contributed by atoms with Gasteiger partial charge in [0.05, 0.1) is 6.61 Å². The van der Waals surface area contributed by atoms with Gasteiger partial charge in [-0.15, -0.1) is 0 Å². The molecule has 0 aromatic heterocycles. The molecule has 0 heterocycles. The van der Waals surface area contributed by atoms with Gasteiger partial charge in [-0.05, 0) is 27.8 Å². The number of aliphatic hydroxyl groups excluding tert-OH is 1. The Hall–Kier alpha value is -4.17. The van der Waals surface area contributed by atoms with Crippen LogP contribution in [0.5, 0.6) is 0 Å². The number of carboxylic acids is 1. The van der Waals surface area contributed by atoms with E-state index in [-0.39, 0.29) is 12.5 Å². The number of fused-ring (bicyclic) bond motifs is 3. The molecule has 8 nitrogen and oxygen atoms in total. The highest BCUT2D eigenvalue weighted by Crippen LogP contribution is 2.44. The lowest BCUT2D eigenvalue weighted by molar-refractivity contribution is -0.143. The first-order valence-electron chi connectivity index (χ1n) is 10.8. The standard InChI is InChI=1S/C26H24N2O6/c29-14-22(25(31)32)27-24(30)23(16-8-2-1-3-9-16)28-26(33)34-15-21-19-12-6-4-10-17(19)18-11-5-7-13-20(18)21/h1-13,21-23,29H,14-15H2,(H,27,30)(H,28,33)(H,31,32)/t22-,23?/m1/s1. The summed E-state index contributed by atoms with van der Waals surface area (Å²) in [5.74, 6) is -2.31. The molecular weight excluding hydrogens is 436 g/mol. The van der Waals surface area contributed by atoms with E-state index in [4.69, 9.17) is 9.84 Å². The molecule has 1 aliphatic rings. The van der Waals surface area contributed by atoms with Crippen LogP contribution in [0.3, 0.4) is 0 Å². The molecule has 34 heavy (non-hydrogen) atoms. The molecule has 0 bridgehead atoms. The van der Waals surface area contributed by atoms with E-state index in [1.165, 1.54) is 0 Å². The number of ether oxygens (including phenoxy) is 1. The Morgan fingerprint density at radius 3 is 1.94 bits per heavy atom. The van der Waals surface area contributed by atoms with Crippen molar-refractivity contribution in [2.24, 2.45) is 0 Å². The number of aliphatic hydroxyl groups is 1. The van der Waals surface area contributed by atoms with E-state index in [2.05, 4.69) is 10.6 Å². The number of carboxylic acid groups (broad SMARTS) is 1. The normalized spacial score (nSPS) is 13.8. The van der Waals surface area contributed by atoms with Gasteiger partial charge in [-0.2, -0.15) is 0 Å². The number of benzene rings is 3. The van der Waals surface area contributed by atoms with Crippen LogP contribution in [0, 0.1) is 0 Å². The number of carbonyl (C=O) groups excluding carboxylic acids is 2. The van der Waals surface area contributed by atoms with Gasteiger partial charge in [0.2, 0.25) is 5.91 Å². The van der Waals surface area contributed by atoms with Crippen LogP contribution in [0.1, 0.15) is 28.7 Å². The molecule has 4 rings (SSSR count). The lowest BCUT2D eigenvalue weighted by atomic mass is 9.98. The monoisotopic (exact) mass is 460 g/mol. The molecule has 0 saturated carbocycles. The van der Waals surface area contributed by atoms with Crippen LogP contribution in [0.4, 0.5) is 4.79 Å². The van der Waals surface area contributed by atoms with E-state index < -0.39 is 36.7 Å². The van der Waals surface area contributed by atoms with Crippen molar-refractivity contribution in [3.05, 3.63) is 95.6 Å². The van der Waals surface area contributed by atoms with Crippen LogP contribution in [0.2, 0.25) is 0 Å². The van der Waals surface area contributed by atoms with Crippen LogP contribution in [0.25, 0.3) is 11.1 Å². The van der Waals surface area contributed by atoms with Gasteiger partial charge in [0.25, 0.3) is 0 Å². The van der Waals surface area contributed by atoms with E-state index in [1.54, 1.807) is 30.3 Å². The third-order valence-corrected chi connectivity index (χ3v) is 5.80. The predicted molar refractivity (Wildman–Crippen MR) is 124 cm³/mol. The van der Waals surface area contributed by atoms with Crippen molar-refractivity contribution in [3.63, 3.8) is 0 Å². The Morgan fingerprint density at radius 1 is 0.824 bits per heavy atom. The number of carbonyl (C=O) groups is 3. The molecule has 1 aliphatic carbocycles. The van der Waals surface area contributed by atoms with Gasteiger partial charge in [0.15, 0.2) is 0 Å². The van der Waals surface area contributed by atoms with Crippen LogP contribution >= 0.6 is 0 Å². The number of amides is 2. The maximum Gasteiger partial charge on any atom is 0.408 e. The molecule has 0 spiro atoms. The first-order valence-corrected chi connectivity index (χ1v) is 10.8. The number of hydrogen-bond donors (Lipinski definition) is 4. The Balaban J connectivity index is 1.48. The lowest BCUT2D eigenvalue weighted by Crippen LogP contribution is -2.49.